The topological polar surface area (TPSA) is 122 Å². The SMILES string of the molecule is CC(C)Oc1cccc(C(=O)N=[N+]=[N-])c1COc1ccn(O)n1. The summed E-state index contributed by atoms with van der Waals surface area (Å²) in [5.74, 6) is -0.107. The van der Waals surface area contributed by atoms with E-state index >= 15 is 0 Å². The first kappa shape index (κ1) is 16.2. The van der Waals surface area contributed by atoms with Gasteiger partial charge in [-0.2, -0.15) is 0 Å². The number of azide groups is 1. The summed E-state index contributed by atoms with van der Waals surface area (Å²) in [6.45, 7) is 3.65. The minimum atomic E-state index is -0.729. The van der Waals surface area contributed by atoms with Crippen LogP contribution < -0.4 is 9.47 Å². The summed E-state index contributed by atoms with van der Waals surface area (Å²) in [5, 5.41) is 15.9. The Labute approximate surface area is 131 Å². The second-order valence-corrected chi connectivity index (χ2v) is 4.81. The van der Waals surface area contributed by atoms with Crippen molar-refractivity contribution in [2.45, 2.75) is 26.6 Å². The molecule has 0 saturated carbocycles. The van der Waals surface area contributed by atoms with E-state index in [2.05, 4.69) is 15.1 Å². The van der Waals surface area contributed by atoms with Gasteiger partial charge in [0.1, 0.15) is 12.4 Å². The van der Waals surface area contributed by atoms with E-state index in [1.165, 1.54) is 18.3 Å². The second kappa shape index (κ2) is 7.19. The molecule has 9 heteroatoms. The third-order valence-electron chi connectivity index (χ3n) is 2.78. The van der Waals surface area contributed by atoms with Crippen LogP contribution in [-0.2, 0) is 6.61 Å². The molecule has 1 aromatic heterocycles. The normalized spacial score (nSPS) is 10.2. The van der Waals surface area contributed by atoms with Gasteiger partial charge < -0.3 is 14.7 Å². The first-order chi connectivity index (χ1) is 11.0. The quantitative estimate of drug-likeness (QED) is 0.380. The molecule has 9 nitrogen and oxygen atoms in total. The zero-order chi connectivity index (χ0) is 16.8. The van der Waals surface area contributed by atoms with E-state index in [-0.39, 0.29) is 24.2 Å². The van der Waals surface area contributed by atoms with Gasteiger partial charge in [-0.05, 0) is 30.6 Å². The van der Waals surface area contributed by atoms with Crippen LogP contribution in [0.25, 0.3) is 10.4 Å². The van der Waals surface area contributed by atoms with Gasteiger partial charge in [0.2, 0.25) is 11.8 Å². The molecule has 0 bridgehead atoms. The number of hydrogen-bond donors (Lipinski definition) is 1. The Balaban J connectivity index is 2.34. The lowest BCUT2D eigenvalue weighted by Crippen LogP contribution is -2.12. The molecule has 120 valence electrons. The largest absolute Gasteiger partial charge is 0.491 e. The molecule has 0 unspecified atom stereocenters. The number of hydrogen-bond acceptors (Lipinski definition) is 5. The second-order valence-electron chi connectivity index (χ2n) is 4.81. The number of ether oxygens (including phenoxy) is 2. The van der Waals surface area contributed by atoms with Crippen LogP contribution in [0.15, 0.2) is 35.6 Å². The number of nitrogens with zero attached hydrogens (tertiary/aromatic N) is 5. The number of carbonyl (C=O) groups excluding carboxylic acids is 1. The first-order valence-electron chi connectivity index (χ1n) is 6.77. The molecule has 1 amide bonds. The molecule has 1 heterocycles. The Bertz CT molecular complexity index is 749. The molecule has 0 radical (unpaired) electrons. The van der Waals surface area contributed by atoms with Crippen molar-refractivity contribution in [2.24, 2.45) is 5.11 Å². The third-order valence-corrected chi connectivity index (χ3v) is 2.78. The fourth-order valence-corrected chi connectivity index (χ4v) is 1.89. The summed E-state index contributed by atoms with van der Waals surface area (Å²) in [4.78, 5) is 15.0. The van der Waals surface area contributed by atoms with Crippen molar-refractivity contribution < 1.29 is 19.5 Å². The van der Waals surface area contributed by atoms with Gasteiger partial charge in [-0.25, -0.2) is 0 Å². The van der Waals surface area contributed by atoms with E-state index in [1.54, 1.807) is 12.1 Å². The Hall–Kier alpha value is -3.19. The smallest absolute Gasteiger partial charge is 0.249 e. The Kier molecular flexibility index (Phi) is 5.06. The number of aromatic nitrogens is 2. The summed E-state index contributed by atoms with van der Waals surface area (Å²) in [7, 11) is 0. The minimum Gasteiger partial charge on any atom is -0.491 e. The molecule has 1 N–H and O–H groups in total. The Morgan fingerprint density at radius 3 is 2.87 bits per heavy atom. The predicted octanol–water partition coefficient (Wildman–Crippen LogP) is 2.94. The standard InChI is InChI=1S/C14H15N5O4/c1-9(2)23-12-5-3-4-10(14(20)16-18-15)11(12)8-22-13-6-7-19(21)17-13/h3-7,9,21H,8H2,1-2H3. The molecule has 0 aliphatic carbocycles. The van der Waals surface area contributed by atoms with Crippen LogP contribution in [0.3, 0.4) is 0 Å². The van der Waals surface area contributed by atoms with Crippen molar-refractivity contribution in [3.05, 3.63) is 52.0 Å². The molecule has 0 aliphatic heterocycles. The summed E-state index contributed by atoms with van der Waals surface area (Å²) < 4.78 is 11.1. The maximum absolute atomic E-state index is 11.9. The van der Waals surface area contributed by atoms with Crippen molar-refractivity contribution in [3.8, 4) is 11.6 Å². The highest BCUT2D eigenvalue weighted by molar-refractivity contribution is 5.96. The van der Waals surface area contributed by atoms with E-state index in [4.69, 9.17) is 20.2 Å². The average Bonchev–Trinajstić information content (AvgIpc) is 2.91. The fraction of sp³-hybridized carbons (Fsp3) is 0.286. The van der Waals surface area contributed by atoms with E-state index in [0.717, 1.165) is 0 Å². The molecule has 2 rings (SSSR count). The summed E-state index contributed by atoms with van der Waals surface area (Å²) >= 11 is 0. The van der Waals surface area contributed by atoms with Crippen molar-refractivity contribution in [1.29, 1.82) is 0 Å². The van der Waals surface area contributed by atoms with E-state index in [0.29, 0.717) is 16.2 Å². The highest BCUT2D eigenvalue weighted by Gasteiger charge is 2.17. The zero-order valence-electron chi connectivity index (χ0n) is 12.6. The fourth-order valence-electron chi connectivity index (χ4n) is 1.89. The molecule has 0 fully saturated rings. The summed E-state index contributed by atoms with van der Waals surface area (Å²) in [6.07, 6.45) is 1.19. The number of amides is 1. The first-order valence-corrected chi connectivity index (χ1v) is 6.77. The van der Waals surface area contributed by atoms with Gasteiger partial charge in [0.15, 0.2) is 0 Å². The van der Waals surface area contributed by atoms with Crippen molar-refractivity contribution >= 4 is 5.91 Å². The third kappa shape index (κ3) is 4.14. The molecular weight excluding hydrogens is 302 g/mol. The highest BCUT2D eigenvalue weighted by Crippen LogP contribution is 2.26. The van der Waals surface area contributed by atoms with E-state index in [9.17, 15) is 4.79 Å². The van der Waals surface area contributed by atoms with Gasteiger partial charge in [0.25, 0.3) is 0 Å². The lowest BCUT2D eigenvalue weighted by atomic mass is 10.1. The molecule has 0 spiro atoms. The monoisotopic (exact) mass is 317 g/mol. The molecule has 23 heavy (non-hydrogen) atoms. The predicted molar refractivity (Wildman–Crippen MR) is 79.4 cm³/mol. The van der Waals surface area contributed by atoms with Crippen LogP contribution in [0.1, 0.15) is 29.8 Å². The molecule has 0 aliphatic rings. The van der Waals surface area contributed by atoms with Gasteiger partial charge in [-0.15, -0.1) is 4.85 Å². The van der Waals surface area contributed by atoms with Gasteiger partial charge in [0.05, 0.1) is 12.3 Å². The van der Waals surface area contributed by atoms with Crippen LogP contribution in [-0.4, -0.2) is 27.2 Å². The molecule has 0 saturated heterocycles. The average molecular weight is 317 g/mol. The van der Waals surface area contributed by atoms with Crippen molar-refractivity contribution in [3.63, 3.8) is 0 Å². The molecule has 0 atom stereocenters. The van der Waals surface area contributed by atoms with Gasteiger partial charge in [-0.3, -0.25) is 4.79 Å². The van der Waals surface area contributed by atoms with Crippen LogP contribution in [0.5, 0.6) is 11.6 Å². The highest BCUT2D eigenvalue weighted by atomic mass is 16.5. The van der Waals surface area contributed by atoms with Crippen molar-refractivity contribution in [2.75, 3.05) is 0 Å². The van der Waals surface area contributed by atoms with Crippen LogP contribution in [0.2, 0.25) is 0 Å². The minimum absolute atomic E-state index is 0.0398. The van der Waals surface area contributed by atoms with Crippen molar-refractivity contribution in [1.82, 2.24) is 9.94 Å². The van der Waals surface area contributed by atoms with Crippen LogP contribution in [0, 0.1) is 0 Å². The Morgan fingerprint density at radius 1 is 1.48 bits per heavy atom. The lowest BCUT2D eigenvalue weighted by Gasteiger charge is -2.16. The van der Waals surface area contributed by atoms with Crippen LogP contribution >= 0.6 is 0 Å². The van der Waals surface area contributed by atoms with Gasteiger partial charge >= 0.3 is 0 Å². The number of benzene rings is 1. The van der Waals surface area contributed by atoms with E-state index in [1.807, 2.05) is 13.8 Å². The maximum atomic E-state index is 11.9. The van der Waals surface area contributed by atoms with E-state index < -0.39 is 5.91 Å². The maximum Gasteiger partial charge on any atom is 0.249 e. The zero-order valence-corrected chi connectivity index (χ0v) is 12.6. The van der Waals surface area contributed by atoms with Gasteiger partial charge in [-0.1, -0.05) is 17.2 Å². The Morgan fingerprint density at radius 2 is 2.26 bits per heavy atom. The number of carbonyl (C=O) groups is 1. The van der Waals surface area contributed by atoms with Gasteiger partial charge in [0, 0.05) is 22.1 Å². The molecular formula is C14H15N5O4. The summed E-state index contributed by atoms with van der Waals surface area (Å²) in [6, 6.07) is 6.30. The number of rotatable bonds is 6. The lowest BCUT2D eigenvalue weighted by molar-refractivity contribution is 0.0996. The molecule has 1 aromatic carbocycles. The molecule has 2 aromatic rings. The summed E-state index contributed by atoms with van der Waals surface area (Å²) in [5.41, 5.74) is 9.07. The van der Waals surface area contributed by atoms with Crippen LogP contribution in [0.4, 0.5) is 0 Å².